The Labute approximate surface area is 125 Å². The minimum Gasteiger partial charge on any atom is -0.468 e. The van der Waals surface area contributed by atoms with Crippen LogP contribution in [0.15, 0.2) is 11.8 Å². The van der Waals surface area contributed by atoms with Crippen molar-refractivity contribution in [2.24, 2.45) is 0 Å². The van der Waals surface area contributed by atoms with Crippen LogP contribution in [0.3, 0.4) is 0 Å². The molecule has 1 N–H and O–H groups in total. The average molecular weight is 296 g/mol. The first kappa shape index (κ1) is 16.0. The van der Waals surface area contributed by atoms with Crippen LogP contribution in [-0.4, -0.2) is 65.7 Å². The standard InChI is InChI=1S/C15H24N2O4/c1-3-17(11-6-4-5-7-11)14(19)10-16-9-12(18)8-13(16)15(20)21-2/h6,12-13,18H,3-5,7-10H2,1-2H3. The second-order valence-electron chi connectivity index (χ2n) is 5.58. The predicted molar refractivity (Wildman–Crippen MR) is 77.3 cm³/mol. The van der Waals surface area contributed by atoms with Crippen molar-refractivity contribution in [3.63, 3.8) is 0 Å². The molecule has 6 nitrogen and oxygen atoms in total. The number of aliphatic hydroxyl groups excluding tert-OH is 1. The lowest BCUT2D eigenvalue weighted by molar-refractivity contribution is -0.146. The van der Waals surface area contributed by atoms with Gasteiger partial charge in [0.15, 0.2) is 0 Å². The van der Waals surface area contributed by atoms with Crippen LogP contribution in [0.25, 0.3) is 0 Å². The first-order chi connectivity index (χ1) is 10.1. The topological polar surface area (TPSA) is 70.1 Å². The third-order valence-corrected chi connectivity index (χ3v) is 4.17. The molecule has 1 aliphatic heterocycles. The van der Waals surface area contributed by atoms with Gasteiger partial charge in [-0.25, -0.2) is 0 Å². The lowest BCUT2D eigenvalue weighted by atomic mass is 10.2. The number of aliphatic hydroxyl groups is 1. The number of esters is 1. The van der Waals surface area contributed by atoms with Crippen molar-refractivity contribution in [3.8, 4) is 0 Å². The number of rotatable bonds is 5. The number of ether oxygens (including phenoxy) is 1. The second-order valence-corrected chi connectivity index (χ2v) is 5.58. The molecule has 0 radical (unpaired) electrons. The third kappa shape index (κ3) is 3.63. The monoisotopic (exact) mass is 296 g/mol. The molecule has 1 amide bonds. The Morgan fingerprint density at radius 3 is 2.86 bits per heavy atom. The molecule has 118 valence electrons. The van der Waals surface area contributed by atoms with E-state index in [0.717, 1.165) is 25.0 Å². The van der Waals surface area contributed by atoms with Gasteiger partial charge in [-0.2, -0.15) is 0 Å². The summed E-state index contributed by atoms with van der Waals surface area (Å²) in [5.41, 5.74) is 1.08. The minimum atomic E-state index is -0.581. The number of likely N-dealkylation sites (tertiary alicyclic amines) is 1. The molecule has 0 bridgehead atoms. The minimum absolute atomic E-state index is 0.0198. The summed E-state index contributed by atoms with van der Waals surface area (Å²) >= 11 is 0. The van der Waals surface area contributed by atoms with Crippen molar-refractivity contribution in [1.82, 2.24) is 9.80 Å². The molecule has 1 saturated heterocycles. The maximum Gasteiger partial charge on any atom is 0.323 e. The van der Waals surface area contributed by atoms with Crippen LogP contribution in [0.5, 0.6) is 0 Å². The molecule has 2 rings (SSSR count). The molecule has 0 spiro atoms. The molecule has 0 aromatic carbocycles. The van der Waals surface area contributed by atoms with Gasteiger partial charge in [0.1, 0.15) is 6.04 Å². The zero-order chi connectivity index (χ0) is 15.4. The van der Waals surface area contributed by atoms with Crippen LogP contribution >= 0.6 is 0 Å². The fourth-order valence-corrected chi connectivity index (χ4v) is 3.13. The van der Waals surface area contributed by atoms with Crippen molar-refractivity contribution < 1.29 is 19.4 Å². The summed E-state index contributed by atoms with van der Waals surface area (Å²) in [6, 6.07) is -0.523. The number of nitrogens with zero attached hydrogens (tertiary/aromatic N) is 2. The van der Waals surface area contributed by atoms with Crippen LogP contribution in [0, 0.1) is 0 Å². The second kappa shape index (κ2) is 7.04. The summed E-state index contributed by atoms with van der Waals surface area (Å²) in [5, 5.41) is 9.75. The molecular formula is C15H24N2O4. The van der Waals surface area contributed by atoms with Gasteiger partial charge in [-0.1, -0.05) is 6.08 Å². The van der Waals surface area contributed by atoms with E-state index in [9.17, 15) is 14.7 Å². The van der Waals surface area contributed by atoms with Gasteiger partial charge in [0.25, 0.3) is 0 Å². The first-order valence-electron chi connectivity index (χ1n) is 7.56. The zero-order valence-corrected chi connectivity index (χ0v) is 12.7. The van der Waals surface area contributed by atoms with Gasteiger partial charge < -0.3 is 14.7 Å². The predicted octanol–water partition coefficient (Wildman–Crippen LogP) is 0.511. The molecule has 0 aromatic rings. The van der Waals surface area contributed by atoms with Crippen molar-refractivity contribution >= 4 is 11.9 Å². The van der Waals surface area contributed by atoms with E-state index in [-0.39, 0.29) is 18.4 Å². The number of carbonyl (C=O) groups is 2. The van der Waals surface area contributed by atoms with Crippen LogP contribution in [0.4, 0.5) is 0 Å². The van der Waals surface area contributed by atoms with E-state index in [1.165, 1.54) is 7.11 Å². The Balaban J connectivity index is 2.01. The highest BCUT2D eigenvalue weighted by atomic mass is 16.5. The van der Waals surface area contributed by atoms with E-state index >= 15 is 0 Å². The number of carbonyl (C=O) groups excluding carboxylic acids is 2. The molecule has 2 aliphatic rings. The molecule has 0 saturated carbocycles. The Morgan fingerprint density at radius 1 is 1.52 bits per heavy atom. The summed E-state index contributed by atoms with van der Waals surface area (Å²) in [5.74, 6) is -0.406. The molecule has 6 heteroatoms. The molecule has 1 fully saturated rings. The number of likely N-dealkylation sites (N-methyl/N-ethyl adjacent to an activating group) is 1. The largest absolute Gasteiger partial charge is 0.468 e. The lowest BCUT2D eigenvalue weighted by Gasteiger charge is -2.27. The van der Waals surface area contributed by atoms with Crippen LogP contribution in [0.1, 0.15) is 32.6 Å². The Kier molecular flexibility index (Phi) is 5.36. The van der Waals surface area contributed by atoms with Gasteiger partial charge in [0, 0.05) is 25.2 Å². The van der Waals surface area contributed by atoms with Crippen molar-refractivity contribution in [2.75, 3.05) is 26.7 Å². The SMILES string of the molecule is CCN(C(=O)CN1CC(O)CC1C(=O)OC)C1=CCCC1. The quantitative estimate of drug-likeness (QED) is 0.749. The highest BCUT2D eigenvalue weighted by molar-refractivity contribution is 5.82. The summed E-state index contributed by atoms with van der Waals surface area (Å²) in [7, 11) is 1.33. The summed E-state index contributed by atoms with van der Waals surface area (Å²) in [6.07, 6.45) is 4.90. The molecule has 1 aliphatic carbocycles. The number of amides is 1. The molecule has 1 heterocycles. The molecule has 2 atom stereocenters. The zero-order valence-electron chi connectivity index (χ0n) is 12.7. The molecule has 21 heavy (non-hydrogen) atoms. The van der Waals surface area contributed by atoms with Gasteiger partial charge >= 0.3 is 5.97 Å². The van der Waals surface area contributed by atoms with E-state index in [2.05, 4.69) is 6.08 Å². The van der Waals surface area contributed by atoms with Gasteiger partial charge in [-0.05, 0) is 26.2 Å². The highest BCUT2D eigenvalue weighted by Gasteiger charge is 2.38. The fraction of sp³-hybridized carbons (Fsp3) is 0.733. The van der Waals surface area contributed by atoms with E-state index in [4.69, 9.17) is 4.74 Å². The van der Waals surface area contributed by atoms with Crippen molar-refractivity contribution in [1.29, 1.82) is 0 Å². The Hall–Kier alpha value is -1.40. The molecule has 0 aromatic heterocycles. The van der Waals surface area contributed by atoms with E-state index in [0.29, 0.717) is 19.5 Å². The number of hydrogen-bond donors (Lipinski definition) is 1. The highest BCUT2D eigenvalue weighted by Crippen LogP contribution is 2.23. The van der Waals surface area contributed by atoms with E-state index in [1.807, 2.05) is 6.92 Å². The summed E-state index contributed by atoms with van der Waals surface area (Å²) < 4.78 is 4.75. The van der Waals surface area contributed by atoms with E-state index in [1.54, 1.807) is 9.80 Å². The maximum absolute atomic E-state index is 12.5. The smallest absolute Gasteiger partial charge is 0.323 e. The first-order valence-corrected chi connectivity index (χ1v) is 7.56. The summed E-state index contributed by atoms with van der Waals surface area (Å²) in [4.78, 5) is 27.7. The van der Waals surface area contributed by atoms with Gasteiger partial charge in [-0.3, -0.25) is 14.5 Å². The Bertz CT molecular complexity index is 435. The number of allylic oxidation sites excluding steroid dienone is 2. The van der Waals surface area contributed by atoms with Gasteiger partial charge in [-0.15, -0.1) is 0 Å². The van der Waals surface area contributed by atoms with Gasteiger partial charge in [0.2, 0.25) is 5.91 Å². The third-order valence-electron chi connectivity index (χ3n) is 4.17. The average Bonchev–Trinajstić information content (AvgIpc) is 3.09. The summed E-state index contributed by atoms with van der Waals surface area (Å²) in [6.45, 7) is 3.06. The van der Waals surface area contributed by atoms with Crippen LogP contribution in [-0.2, 0) is 14.3 Å². The number of β-amino-alcohol motifs (C(OH)–C–C–N with tert-alkyl or cyclic N) is 1. The lowest BCUT2D eigenvalue weighted by Crippen LogP contribution is -2.44. The van der Waals surface area contributed by atoms with Crippen LogP contribution < -0.4 is 0 Å². The Morgan fingerprint density at radius 2 is 2.29 bits per heavy atom. The molecule has 2 unspecified atom stereocenters. The normalized spacial score (nSPS) is 25.8. The number of methoxy groups -OCH3 is 1. The molecular weight excluding hydrogens is 272 g/mol. The van der Waals surface area contributed by atoms with Crippen LogP contribution in [0.2, 0.25) is 0 Å². The number of hydrogen-bond acceptors (Lipinski definition) is 5. The fourth-order valence-electron chi connectivity index (χ4n) is 3.13. The van der Waals surface area contributed by atoms with Crippen molar-refractivity contribution in [2.45, 2.75) is 44.8 Å². The van der Waals surface area contributed by atoms with E-state index < -0.39 is 12.1 Å². The van der Waals surface area contributed by atoms with Gasteiger partial charge in [0.05, 0.1) is 19.8 Å². The van der Waals surface area contributed by atoms with Crippen molar-refractivity contribution in [3.05, 3.63) is 11.8 Å². The maximum atomic E-state index is 12.5.